The molecule has 4 saturated heterocycles. The lowest BCUT2D eigenvalue weighted by Gasteiger charge is -2.47. The van der Waals surface area contributed by atoms with Crippen molar-refractivity contribution in [3.63, 3.8) is 0 Å². The molecule has 0 spiro atoms. The minimum absolute atomic E-state index is 0.00286. The van der Waals surface area contributed by atoms with Crippen molar-refractivity contribution in [1.29, 1.82) is 0 Å². The number of rotatable bonds is 38. The molecular formula is C96H120F5IN6O30S4. The summed E-state index contributed by atoms with van der Waals surface area (Å²) in [5, 5.41) is 68.1. The van der Waals surface area contributed by atoms with E-state index in [1.807, 2.05) is 63.5 Å². The maximum atomic E-state index is 14.6. The predicted molar refractivity (Wildman–Crippen MR) is 520 cm³/mol. The number of likely N-dealkylation sites (N-methyl/N-ethyl adjacent to an activating group) is 1. The molecule has 46 heteroatoms. The molecule has 10 rings (SSSR count). The number of thioether (sulfide) groups is 1. The van der Waals surface area contributed by atoms with Crippen LogP contribution >= 0.6 is 65.8 Å². The second-order valence-corrected chi connectivity index (χ2v) is 41.2. The summed E-state index contributed by atoms with van der Waals surface area (Å²) in [4.78, 5) is 125. The van der Waals surface area contributed by atoms with Crippen LogP contribution in [0.4, 0.5) is 47.7 Å². The van der Waals surface area contributed by atoms with E-state index in [9.17, 15) is 90.6 Å². The van der Waals surface area contributed by atoms with Gasteiger partial charge in [-0.2, -0.15) is 14.3 Å². The van der Waals surface area contributed by atoms with Crippen LogP contribution in [0, 0.1) is 92.9 Å². The number of aliphatic hydroxyl groups is 5. The summed E-state index contributed by atoms with van der Waals surface area (Å²) < 4.78 is 155. The summed E-state index contributed by atoms with van der Waals surface area (Å²) in [6, 6.07) is 9.81. The van der Waals surface area contributed by atoms with Gasteiger partial charge >= 0.3 is 18.3 Å². The molecule has 780 valence electrons. The number of ketones is 2. The first kappa shape index (κ1) is 117. The van der Waals surface area contributed by atoms with Crippen LogP contribution < -0.4 is 45.7 Å². The van der Waals surface area contributed by atoms with Gasteiger partial charge in [0.05, 0.1) is 97.0 Å². The number of nitrogens with one attached hydrogen (secondary N) is 5. The number of hydroxylamine groups is 1. The van der Waals surface area contributed by atoms with Crippen molar-refractivity contribution in [2.45, 2.75) is 250 Å². The number of methoxy groups -OCH3 is 5. The molecule has 4 aliphatic heterocycles. The van der Waals surface area contributed by atoms with Crippen LogP contribution in [0.5, 0.6) is 23.0 Å². The fourth-order valence-electron chi connectivity index (χ4n) is 15.5. The molecule has 4 aromatic carbocycles. The lowest BCUT2D eigenvalue weighted by Crippen LogP contribution is -2.65. The fourth-order valence-corrected chi connectivity index (χ4v) is 19.7. The number of amides is 5. The summed E-state index contributed by atoms with van der Waals surface area (Å²) in [7, 11) is 11.0. The first-order chi connectivity index (χ1) is 67.3. The number of hydrogen-bond donors (Lipinski definition) is 10. The minimum atomic E-state index is -2.39. The maximum Gasteiger partial charge on any atom is 0.514 e. The van der Waals surface area contributed by atoms with Crippen molar-refractivity contribution >= 4 is 130 Å². The highest BCUT2D eigenvalue weighted by molar-refractivity contribution is 14.1. The Bertz CT molecular complexity index is 5330. The summed E-state index contributed by atoms with van der Waals surface area (Å²) in [6.07, 6.45) is -16.3. The van der Waals surface area contributed by atoms with E-state index in [4.69, 9.17) is 66.4 Å². The Balaban J connectivity index is 0.000000539. The molecule has 10 N–H and O–H groups in total. The number of anilines is 2. The molecular weight excluding hydrogens is 2070 g/mol. The van der Waals surface area contributed by atoms with Crippen molar-refractivity contribution < 1.29 is 167 Å². The molecule has 0 saturated carbocycles. The zero-order valence-corrected chi connectivity index (χ0v) is 86.8. The third kappa shape index (κ3) is 29.5. The van der Waals surface area contributed by atoms with Gasteiger partial charge in [0, 0.05) is 86.1 Å². The molecule has 5 amide bonds. The van der Waals surface area contributed by atoms with E-state index in [1.165, 1.54) is 108 Å². The van der Waals surface area contributed by atoms with Crippen LogP contribution in [0.1, 0.15) is 136 Å². The SMILES string of the molecule is CC(C)[C@H](C)C(=O)N[C@@H](C)C(=O)Nc1ccc(COC(=O)Oc2c(F)c(F)c(F)c(F)c2F)cc1.CCN(C(=O)OCc1ccc(NC(=O)[C@H](C)CC(=O)[C@@H](C)C(C)C)cc1)[C@H]1CO[C@@H](OC2[C@H](O[C@H]3C#C/C=C\C#C[C@@]4(O)CC(=O)C(NC(=O)OC)=C3/C4=C\CSSSC)OC(C)[C@@H](NO[C@H]3CC(O)[C@H](SC(=O)c4c(C)c(I)c(O[C@@H]5OC(C)[C@H](O)[C@H](OC)C5O)c(OC)c4OC)C(C)O3)[C@@H]2O)C[C@H]1OC. The molecule has 0 radical (unpaired) electrons. The molecule has 6 aliphatic rings. The molecule has 0 aromatic heterocycles. The van der Waals surface area contributed by atoms with Gasteiger partial charge in [0.25, 0.3) is 0 Å². The third-order valence-corrected chi connectivity index (χ3v) is 30.8. The van der Waals surface area contributed by atoms with Crippen molar-refractivity contribution in [3.8, 4) is 46.7 Å². The molecule has 6 unspecified atom stereocenters. The number of aliphatic hydroxyl groups excluding tert-OH is 4. The van der Waals surface area contributed by atoms with Gasteiger partial charge in [0.15, 0.2) is 41.8 Å². The van der Waals surface area contributed by atoms with Gasteiger partial charge in [-0.15, -0.1) is 0 Å². The summed E-state index contributed by atoms with van der Waals surface area (Å²) in [6.45, 7) is 22.2. The molecule has 2 bridgehead atoms. The number of alkyl carbamates (subject to hydrolysis) is 1. The molecule has 142 heavy (non-hydrogen) atoms. The summed E-state index contributed by atoms with van der Waals surface area (Å²) in [5.41, 5.74) is 2.81. The molecule has 4 fully saturated rings. The van der Waals surface area contributed by atoms with Crippen LogP contribution in [-0.2, 0) is 94.1 Å². The molecule has 2 aliphatic carbocycles. The largest absolute Gasteiger partial charge is 0.514 e. The van der Waals surface area contributed by atoms with Crippen LogP contribution in [0.3, 0.4) is 0 Å². The zero-order chi connectivity index (χ0) is 105. The van der Waals surface area contributed by atoms with Crippen molar-refractivity contribution in [2.24, 2.45) is 29.6 Å². The van der Waals surface area contributed by atoms with E-state index in [1.54, 1.807) is 78.8 Å². The first-order valence-corrected chi connectivity index (χ1v) is 51.2. The Kier molecular flexibility index (Phi) is 44.3. The highest BCUT2D eigenvalue weighted by atomic mass is 127. The van der Waals surface area contributed by atoms with Crippen LogP contribution in [-0.4, -0.2) is 265 Å². The van der Waals surface area contributed by atoms with Crippen LogP contribution in [0.25, 0.3) is 0 Å². The summed E-state index contributed by atoms with van der Waals surface area (Å²) >= 11 is 2.78. The van der Waals surface area contributed by atoms with E-state index in [0.29, 0.717) is 31.6 Å². The topological polar surface area (TPSA) is 466 Å². The Morgan fingerprint density at radius 3 is 1.87 bits per heavy atom. The second kappa shape index (κ2) is 53.9. The number of carbonyl (C=O) groups is 9. The average Bonchev–Trinajstić information content (AvgIpc) is 0.740. The Morgan fingerprint density at radius 2 is 1.28 bits per heavy atom. The van der Waals surface area contributed by atoms with Gasteiger partial charge in [-0.25, -0.2) is 27.6 Å². The highest BCUT2D eigenvalue weighted by Gasteiger charge is 2.53. The molecule has 23 atom stereocenters. The number of nitrogens with zero attached hydrogens (tertiary/aromatic N) is 1. The quantitative estimate of drug-likeness (QED) is 0.00170. The number of carbonyl (C=O) groups excluding carboxylic acids is 9. The van der Waals surface area contributed by atoms with E-state index in [-0.39, 0.29) is 126 Å². The number of Topliss-reactive ketones (excluding diaryl/α,β-unsaturated/α-hetero) is 2. The van der Waals surface area contributed by atoms with Gasteiger partial charge in [-0.3, -0.25) is 38.9 Å². The summed E-state index contributed by atoms with van der Waals surface area (Å²) in [5.74, 6) is -3.99. The van der Waals surface area contributed by atoms with Crippen molar-refractivity contribution in [2.75, 3.05) is 71.3 Å². The number of allylic oxidation sites excluding steroid dienone is 3. The van der Waals surface area contributed by atoms with Gasteiger partial charge in [0.2, 0.25) is 69.7 Å². The van der Waals surface area contributed by atoms with E-state index in [2.05, 4.69) is 59.9 Å². The van der Waals surface area contributed by atoms with Crippen molar-refractivity contribution in [1.82, 2.24) is 21.0 Å². The van der Waals surface area contributed by atoms with Crippen LogP contribution in [0.15, 0.2) is 83.6 Å². The molecule has 36 nitrogen and oxygen atoms in total. The first-order valence-electron chi connectivity index (χ1n) is 45.2. The second-order valence-electron chi connectivity index (χ2n) is 34.6. The Hall–Kier alpha value is -8.97. The Morgan fingerprint density at radius 1 is 0.676 bits per heavy atom. The number of fused-ring (bicyclic) bond motifs is 2. The molecule has 4 aromatic rings. The van der Waals surface area contributed by atoms with E-state index < -0.39 is 210 Å². The van der Waals surface area contributed by atoms with Gasteiger partial charge < -0.3 is 117 Å². The lowest BCUT2D eigenvalue weighted by molar-refractivity contribution is -0.337. The predicted octanol–water partition coefficient (Wildman–Crippen LogP) is 11.9. The average molecular weight is 2190 g/mol. The third-order valence-electron chi connectivity index (χ3n) is 24.4. The lowest BCUT2D eigenvalue weighted by atomic mass is 9.75. The van der Waals surface area contributed by atoms with Gasteiger partial charge in [0.1, 0.15) is 61.7 Å². The van der Waals surface area contributed by atoms with Crippen molar-refractivity contribution in [3.05, 3.63) is 139 Å². The van der Waals surface area contributed by atoms with E-state index in [0.717, 1.165) is 18.9 Å². The smallest absolute Gasteiger partial charge is 0.492 e. The number of halogens is 6. The number of hydrogen-bond acceptors (Lipinski definition) is 35. The molecule has 4 heterocycles. The standard InChI is InChI=1S/C73H97IN4O25S4.C23H23F5N2O5/c1-16-78(72(88)96-33-42-22-24-43(25-23-42)75-67(85)36(4)29-46(79)37(5)35(2)3)45-34-95-51(31-50(45)90-10)101-64-59(83)56(39(7)98-70(64)100-49-21-19-17-18-20-27-73(89)32-48(81)57(76-71(87)94-14)54(49)44(73)26-28-105-107-104-15)77-103-52-30-47(80)66(41(9)97-52)106-68(86)53-38(6)55(74)62(65(93-13)61(53)91-11)102-69-60(84)63(92-12)58(82)40(8)99-69;1-10(2)11(3)21(31)29-12(4)22(32)30-14-7-5-13(6-8-14)9-34-23(33)35-20-18(27)16(25)15(24)17(26)19(20)28/h17-18,22-26,35-37,39-41,45,47,49-52,56,58-60,63-64,66,69-70,77,80,82-84,89H,16,28-34H2,1-15H3,(H,75,85)(H,76,87);5-8,10-12H,9H2,1-4H3,(H,29,31)(H,30,32)/b18-17-,44-26+;/t36-,37+,39?,40?,41?,45+,47?,49+,50-,51+,52+,56-,58+,59+,60?,63+,64?,66-,69+,70+,73-;11-,12-/m10/s1. The van der Waals surface area contributed by atoms with E-state index >= 15 is 0 Å². The fraction of sp³-hybridized carbons (Fsp3) is 0.552. The number of benzene rings is 4. The van der Waals surface area contributed by atoms with Gasteiger partial charge in [-0.05, 0) is 145 Å². The Labute approximate surface area is 848 Å². The normalized spacial score (nSPS) is 26.6. The minimum Gasteiger partial charge on any atom is -0.492 e. The van der Waals surface area contributed by atoms with Gasteiger partial charge in [-0.1, -0.05) is 136 Å². The highest BCUT2D eigenvalue weighted by Crippen LogP contribution is 2.50. The van der Waals surface area contributed by atoms with Crippen LogP contribution in [0.2, 0.25) is 0 Å². The monoisotopic (exact) mass is 2190 g/mol. The number of ether oxygens (including phenoxy) is 15. The maximum absolute atomic E-state index is 14.6. The zero-order valence-electron chi connectivity index (χ0n) is 81.4.